The van der Waals surface area contributed by atoms with E-state index in [1.165, 1.54) is 32.2 Å². The molecule has 0 aromatic carbocycles. The maximum atomic E-state index is 11.6. The minimum atomic E-state index is 0.504. The summed E-state index contributed by atoms with van der Waals surface area (Å²) in [5.74, 6) is 0.504. The van der Waals surface area contributed by atoms with Crippen LogP contribution in [0.15, 0.2) is 0 Å². The van der Waals surface area contributed by atoms with Gasteiger partial charge < -0.3 is 0 Å². The van der Waals surface area contributed by atoms with E-state index in [0.717, 1.165) is 18.1 Å². The van der Waals surface area contributed by atoms with E-state index < -0.39 is 0 Å². The number of piperidine rings is 2. The van der Waals surface area contributed by atoms with Gasteiger partial charge in [0, 0.05) is 30.2 Å². The van der Waals surface area contributed by atoms with Crippen LogP contribution in [0.1, 0.15) is 45.4 Å². The van der Waals surface area contributed by atoms with Crippen LogP contribution in [0.5, 0.6) is 0 Å². The van der Waals surface area contributed by atoms with Crippen molar-refractivity contribution in [3.8, 4) is 0 Å². The van der Waals surface area contributed by atoms with E-state index in [4.69, 9.17) is 0 Å². The number of rotatable bonds is 4. The van der Waals surface area contributed by atoms with Crippen molar-refractivity contribution in [2.75, 3.05) is 12.8 Å². The molecule has 2 heterocycles. The lowest BCUT2D eigenvalue weighted by Gasteiger charge is -2.45. The highest BCUT2D eigenvalue weighted by molar-refractivity contribution is 7.99. The Morgan fingerprint density at radius 1 is 1.38 bits per heavy atom. The van der Waals surface area contributed by atoms with Crippen LogP contribution in [-0.4, -0.2) is 40.8 Å². The molecule has 3 atom stereocenters. The molecule has 2 aliphatic rings. The lowest BCUT2D eigenvalue weighted by molar-refractivity contribution is -0.127. The highest BCUT2D eigenvalue weighted by Crippen LogP contribution is 2.32. The van der Waals surface area contributed by atoms with E-state index in [0.29, 0.717) is 17.9 Å². The first-order chi connectivity index (χ1) is 7.70. The van der Waals surface area contributed by atoms with E-state index in [2.05, 4.69) is 18.1 Å². The summed E-state index contributed by atoms with van der Waals surface area (Å²) in [6.07, 6.45) is 8.92. The number of nitrogens with zero attached hydrogens (tertiary/aromatic N) is 1. The summed E-state index contributed by atoms with van der Waals surface area (Å²) in [7, 11) is 0. The Morgan fingerprint density at radius 2 is 2.00 bits per heavy atom. The number of ketones is 1. The highest BCUT2D eigenvalue weighted by atomic mass is 32.2. The molecule has 0 aromatic heterocycles. The third kappa shape index (κ3) is 2.80. The first-order valence-electron chi connectivity index (χ1n) is 6.51. The molecular weight excluding hydrogens is 218 g/mol. The summed E-state index contributed by atoms with van der Waals surface area (Å²) in [6.45, 7) is 3.50. The van der Waals surface area contributed by atoms with Crippen LogP contribution < -0.4 is 0 Å². The fourth-order valence-corrected chi connectivity index (χ4v) is 3.42. The maximum absolute atomic E-state index is 11.6. The van der Waals surface area contributed by atoms with Crippen LogP contribution in [-0.2, 0) is 4.79 Å². The first-order valence-corrected chi connectivity index (χ1v) is 7.79. The summed E-state index contributed by atoms with van der Waals surface area (Å²) in [5, 5.41) is 0.748. The molecular formula is C13H23NOS. The molecule has 0 aromatic rings. The Bertz CT molecular complexity index is 240. The van der Waals surface area contributed by atoms with Crippen molar-refractivity contribution in [2.45, 2.75) is 62.8 Å². The van der Waals surface area contributed by atoms with Crippen molar-refractivity contribution < 1.29 is 4.79 Å². The van der Waals surface area contributed by atoms with Gasteiger partial charge in [-0.25, -0.2) is 0 Å². The number of carbonyl (C=O) groups is 1. The van der Waals surface area contributed by atoms with Crippen LogP contribution in [0.2, 0.25) is 0 Å². The van der Waals surface area contributed by atoms with Crippen LogP contribution in [0.4, 0.5) is 0 Å². The fraction of sp³-hybridized carbons (Fsp3) is 0.923. The molecule has 92 valence electrons. The molecule has 3 unspecified atom stereocenters. The van der Waals surface area contributed by atoms with Gasteiger partial charge in [0.15, 0.2) is 0 Å². The third-order valence-corrected chi connectivity index (χ3v) is 5.18. The average molecular weight is 241 g/mol. The van der Waals surface area contributed by atoms with Crippen LogP contribution in [0.3, 0.4) is 0 Å². The summed E-state index contributed by atoms with van der Waals surface area (Å²) in [5.41, 5.74) is 0. The molecule has 2 saturated heterocycles. The van der Waals surface area contributed by atoms with Gasteiger partial charge in [0.25, 0.3) is 0 Å². The normalized spacial score (nSPS) is 32.8. The molecule has 0 aliphatic carbocycles. The Kier molecular flexibility index (Phi) is 4.31. The number of hydrogen-bond acceptors (Lipinski definition) is 3. The molecule has 3 heteroatoms. The maximum Gasteiger partial charge on any atom is 0.136 e. The molecule has 2 bridgehead atoms. The quantitative estimate of drug-likeness (QED) is 0.755. The number of Topliss-reactive ketones (excluding diaryl/α,β-unsaturated/α-hetero) is 1. The van der Waals surface area contributed by atoms with Crippen molar-refractivity contribution in [3.63, 3.8) is 0 Å². The van der Waals surface area contributed by atoms with Gasteiger partial charge in [-0.2, -0.15) is 11.8 Å². The second-order valence-corrected chi connectivity index (χ2v) is 6.53. The Hall–Kier alpha value is -0.0200. The third-order valence-electron chi connectivity index (χ3n) is 4.14. The lowest BCUT2D eigenvalue weighted by Crippen LogP contribution is -2.52. The molecule has 2 rings (SSSR count). The molecule has 0 spiro atoms. The summed E-state index contributed by atoms with van der Waals surface area (Å²) in [4.78, 5) is 14.2. The standard InChI is InChI=1S/C13H23NOS/c1-10(16-2)6-7-14-11-4-3-5-12(14)9-13(15)8-11/h10-12H,3-9H2,1-2H3. The zero-order valence-electron chi connectivity index (χ0n) is 10.4. The predicted octanol–water partition coefficient (Wildman–Crippen LogP) is 2.71. The molecule has 0 saturated carbocycles. The Morgan fingerprint density at radius 3 is 2.56 bits per heavy atom. The zero-order chi connectivity index (χ0) is 11.5. The number of fused-ring (bicyclic) bond motifs is 2. The molecule has 2 aliphatic heterocycles. The van der Waals surface area contributed by atoms with E-state index in [9.17, 15) is 4.79 Å². The summed E-state index contributed by atoms with van der Waals surface area (Å²) >= 11 is 1.95. The number of hydrogen-bond donors (Lipinski definition) is 0. The molecule has 16 heavy (non-hydrogen) atoms. The van der Waals surface area contributed by atoms with Gasteiger partial charge in [-0.1, -0.05) is 13.3 Å². The predicted molar refractivity (Wildman–Crippen MR) is 70.0 cm³/mol. The topological polar surface area (TPSA) is 20.3 Å². The summed E-state index contributed by atoms with van der Waals surface area (Å²) < 4.78 is 0. The molecule has 0 N–H and O–H groups in total. The lowest BCUT2D eigenvalue weighted by atomic mass is 9.83. The molecule has 0 amide bonds. The van der Waals surface area contributed by atoms with Crippen molar-refractivity contribution >= 4 is 17.5 Å². The second-order valence-electron chi connectivity index (χ2n) is 5.26. The number of thioether (sulfide) groups is 1. The minimum Gasteiger partial charge on any atom is -0.300 e. The Balaban J connectivity index is 1.90. The molecule has 2 fully saturated rings. The van der Waals surface area contributed by atoms with E-state index in [1.807, 2.05) is 11.8 Å². The largest absolute Gasteiger partial charge is 0.300 e. The van der Waals surface area contributed by atoms with Gasteiger partial charge >= 0.3 is 0 Å². The zero-order valence-corrected chi connectivity index (χ0v) is 11.3. The van der Waals surface area contributed by atoms with Gasteiger partial charge in [0.05, 0.1) is 0 Å². The van der Waals surface area contributed by atoms with Crippen molar-refractivity contribution in [2.24, 2.45) is 0 Å². The van der Waals surface area contributed by atoms with Crippen LogP contribution >= 0.6 is 11.8 Å². The van der Waals surface area contributed by atoms with Gasteiger partial charge in [-0.05, 0) is 32.1 Å². The first kappa shape index (κ1) is 12.4. The van der Waals surface area contributed by atoms with Gasteiger partial charge in [0.1, 0.15) is 5.78 Å². The van der Waals surface area contributed by atoms with Gasteiger partial charge in [-0.15, -0.1) is 0 Å². The minimum absolute atomic E-state index is 0.504. The van der Waals surface area contributed by atoms with Crippen LogP contribution in [0, 0.1) is 0 Å². The monoisotopic (exact) mass is 241 g/mol. The smallest absolute Gasteiger partial charge is 0.136 e. The SMILES string of the molecule is CSC(C)CCN1C2CCCC1CC(=O)C2. The van der Waals surface area contributed by atoms with Crippen molar-refractivity contribution in [3.05, 3.63) is 0 Å². The fourth-order valence-electron chi connectivity index (χ4n) is 3.08. The van der Waals surface area contributed by atoms with Crippen LogP contribution in [0.25, 0.3) is 0 Å². The van der Waals surface area contributed by atoms with E-state index in [-0.39, 0.29) is 0 Å². The highest BCUT2D eigenvalue weighted by Gasteiger charge is 2.36. The van der Waals surface area contributed by atoms with Crippen molar-refractivity contribution in [1.82, 2.24) is 4.90 Å². The second kappa shape index (κ2) is 5.54. The summed E-state index contributed by atoms with van der Waals surface area (Å²) in [6, 6.07) is 1.16. The van der Waals surface area contributed by atoms with Gasteiger partial charge in [0.2, 0.25) is 0 Å². The molecule has 0 radical (unpaired) electrons. The van der Waals surface area contributed by atoms with E-state index in [1.54, 1.807) is 0 Å². The number of carbonyl (C=O) groups excluding carboxylic acids is 1. The van der Waals surface area contributed by atoms with Gasteiger partial charge in [-0.3, -0.25) is 9.69 Å². The average Bonchev–Trinajstić information content (AvgIpc) is 2.25. The molecule has 2 nitrogen and oxygen atoms in total. The van der Waals surface area contributed by atoms with Crippen molar-refractivity contribution in [1.29, 1.82) is 0 Å². The van der Waals surface area contributed by atoms with E-state index >= 15 is 0 Å². The Labute approximate surface area is 103 Å².